The molecule has 0 saturated heterocycles. The van der Waals surface area contributed by atoms with Crippen LogP contribution in [0.3, 0.4) is 0 Å². The molecule has 0 saturated carbocycles. The number of benzene rings is 2. The lowest BCUT2D eigenvalue weighted by atomic mass is 10.2. The van der Waals surface area contributed by atoms with Crippen molar-refractivity contribution in [2.45, 2.75) is 13.5 Å². The number of nitrogens with zero attached hydrogens (tertiary/aromatic N) is 1. The van der Waals surface area contributed by atoms with Gasteiger partial charge in [-0.2, -0.15) is 0 Å². The Morgan fingerprint density at radius 2 is 1.83 bits per heavy atom. The zero-order chi connectivity index (χ0) is 16.9. The van der Waals surface area contributed by atoms with Gasteiger partial charge in [-0.3, -0.25) is 0 Å². The van der Waals surface area contributed by atoms with E-state index >= 15 is 0 Å². The maximum atomic E-state index is 12.0. The van der Waals surface area contributed by atoms with E-state index in [1.54, 1.807) is 23.5 Å². The number of anilines is 1. The molecular weight excluding hydrogens is 342 g/mol. The fraction of sp³-hybridized carbons (Fsp3) is 0.111. The summed E-state index contributed by atoms with van der Waals surface area (Å²) in [7, 11) is 0. The van der Waals surface area contributed by atoms with Crippen LogP contribution in [0, 0.1) is 6.92 Å². The van der Waals surface area contributed by atoms with E-state index in [0.717, 1.165) is 21.1 Å². The highest BCUT2D eigenvalue weighted by atomic mass is 35.5. The Kier molecular flexibility index (Phi) is 5.13. The lowest BCUT2D eigenvalue weighted by Gasteiger charge is -2.08. The van der Waals surface area contributed by atoms with Gasteiger partial charge in [-0.05, 0) is 19.1 Å². The number of amides is 2. The summed E-state index contributed by atoms with van der Waals surface area (Å²) in [6.45, 7) is 2.37. The fourth-order valence-corrected chi connectivity index (χ4v) is 3.38. The number of para-hydroxylation sites is 1. The maximum Gasteiger partial charge on any atom is 0.319 e. The van der Waals surface area contributed by atoms with Gasteiger partial charge in [0.25, 0.3) is 0 Å². The minimum atomic E-state index is -0.294. The van der Waals surface area contributed by atoms with Crippen molar-refractivity contribution in [3.8, 4) is 10.6 Å². The van der Waals surface area contributed by atoms with E-state index in [1.807, 2.05) is 49.4 Å². The van der Waals surface area contributed by atoms with Crippen LogP contribution in [0.15, 0.2) is 54.6 Å². The summed E-state index contributed by atoms with van der Waals surface area (Å²) in [5.41, 5.74) is 2.59. The van der Waals surface area contributed by atoms with Crippen LogP contribution in [-0.2, 0) is 6.54 Å². The van der Waals surface area contributed by atoms with E-state index in [-0.39, 0.29) is 6.03 Å². The molecule has 0 atom stereocenters. The SMILES string of the molecule is Cc1nc(-c2ccccc2)sc1CNC(=O)Nc1ccccc1Cl. The molecule has 0 aliphatic rings. The average molecular weight is 358 g/mol. The molecule has 3 rings (SSSR count). The zero-order valence-corrected chi connectivity index (χ0v) is 14.6. The summed E-state index contributed by atoms with van der Waals surface area (Å²) in [5, 5.41) is 7.05. The number of urea groups is 1. The van der Waals surface area contributed by atoms with E-state index < -0.39 is 0 Å². The van der Waals surface area contributed by atoms with Crippen molar-refractivity contribution < 1.29 is 4.79 Å². The summed E-state index contributed by atoms with van der Waals surface area (Å²) in [6.07, 6.45) is 0. The zero-order valence-electron chi connectivity index (χ0n) is 13.0. The number of carbonyl (C=O) groups excluding carboxylic acids is 1. The summed E-state index contributed by atoms with van der Waals surface area (Å²) in [4.78, 5) is 17.6. The molecule has 0 fully saturated rings. The van der Waals surface area contributed by atoms with Crippen molar-refractivity contribution >= 4 is 34.7 Å². The molecule has 4 nitrogen and oxygen atoms in total. The molecule has 6 heteroatoms. The second-order valence-corrected chi connectivity index (χ2v) is 6.67. The molecule has 1 heterocycles. The topological polar surface area (TPSA) is 54.0 Å². The molecule has 0 spiro atoms. The molecule has 2 aromatic carbocycles. The summed E-state index contributed by atoms with van der Waals surface area (Å²) in [6, 6.07) is 16.8. The quantitative estimate of drug-likeness (QED) is 0.683. The number of aromatic nitrogens is 1. The second-order valence-electron chi connectivity index (χ2n) is 5.18. The van der Waals surface area contributed by atoms with Gasteiger partial charge in [0.1, 0.15) is 5.01 Å². The molecule has 2 amide bonds. The maximum absolute atomic E-state index is 12.0. The first-order valence-electron chi connectivity index (χ1n) is 7.44. The largest absolute Gasteiger partial charge is 0.333 e. The molecular formula is C18H16ClN3OS. The lowest BCUT2D eigenvalue weighted by Crippen LogP contribution is -2.28. The second kappa shape index (κ2) is 7.47. The first-order valence-corrected chi connectivity index (χ1v) is 8.64. The van der Waals surface area contributed by atoms with Crippen LogP contribution in [0.2, 0.25) is 5.02 Å². The van der Waals surface area contributed by atoms with Crippen molar-refractivity contribution in [2.75, 3.05) is 5.32 Å². The number of carbonyl (C=O) groups is 1. The minimum absolute atomic E-state index is 0.294. The Hall–Kier alpha value is -2.37. The molecule has 0 unspecified atom stereocenters. The van der Waals surface area contributed by atoms with Crippen molar-refractivity contribution in [2.24, 2.45) is 0 Å². The number of hydrogen-bond acceptors (Lipinski definition) is 3. The van der Waals surface area contributed by atoms with E-state index in [0.29, 0.717) is 17.3 Å². The summed E-state index contributed by atoms with van der Waals surface area (Å²) < 4.78 is 0. The van der Waals surface area contributed by atoms with Gasteiger partial charge in [-0.25, -0.2) is 9.78 Å². The number of rotatable bonds is 4. The highest BCUT2D eigenvalue weighted by Gasteiger charge is 2.11. The van der Waals surface area contributed by atoms with Crippen molar-refractivity contribution in [3.63, 3.8) is 0 Å². The Balaban J connectivity index is 1.64. The van der Waals surface area contributed by atoms with Crippen LogP contribution in [0.1, 0.15) is 10.6 Å². The first-order chi connectivity index (χ1) is 11.6. The molecule has 122 valence electrons. The Bertz CT molecular complexity index is 848. The van der Waals surface area contributed by atoms with Crippen molar-refractivity contribution in [1.82, 2.24) is 10.3 Å². The molecule has 0 radical (unpaired) electrons. The third kappa shape index (κ3) is 3.93. The monoisotopic (exact) mass is 357 g/mol. The van der Waals surface area contributed by atoms with Crippen LogP contribution in [0.25, 0.3) is 10.6 Å². The van der Waals surface area contributed by atoms with E-state index in [4.69, 9.17) is 11.6 Å². The van der Waals surface area contributed by atoms with Crippen LogP contribution in [-0.4, -0.2) is 11.0 Å². The Morgan fingerprint density at radius 3 is 2.58 bits per heavy atom. The molecule has 0 aliphatic heterocycles. The number of nitrogens with one attached hydrogen (secondary N) is 2. The van der Waals surface area contributed by atoms with E-state index in [1.165, 1.54) is 0 Å². The Labute approximate surface area is 149 Å². The van der Waals surface area contributed by atoms with Crippen LogP contribution < -0.4 is 10.6 Å². The summed E-state index contributed by atoms with van der Waals surface area (Å²) >= 11 is 7.62. The van der Waals surface area contributed by atoms with Gasteiger partial charge >= 0.3 is 6.03 Å². The lowest BCUT2D eigenvalue weighted by molar-refractivity contribution is 0.252. The molecule has 1 aromatic heterocycles. The van der Waals surface area contributed by atoms with Gasteiger partial charge < -0.3 is 10.6 Å². The predicted octanol–water partition coefficient (Wildman–Crippen LogP) is 5.09. The number of hydrogen-bond donors (Lipinski definition) is 2. The van der Waals surface area contributed by atoms with Gasteiger partial charge in [0.05, 0.1) is 22.9 Å². The average Bonchev–Trinajstić information content (AvgIpc) is 2.97. The van der Waals surface area contributed by atoms with Crippen LogP contribution in [0.4, 0.5) is 10.5 Å². The van der Waals surface area contributed by atoms with Gasteiger partial charge in [0.2, 0.25) is 0 Å². The van der Waals surface area contributed by atoms with Crippen LogP contribution in [0.5, 0.6) is 0 Å². The molecule has 0 bridgehead atoms. The first kappa shape index (κ1) is 16.5. The number of halogens is 1. The fourth-order valence-electron chi connectivity index (χ4n) is 2.19. The van der Waals surface area contributed by atoms with Crippen LogP contribution >= 0.6 is 22.9 Å². The Morgan fingerprint density at radius 1 is 1.12 bits per heavy atom. The van der Waals surface area contributed by atoms with Crippen molar-refractivity contribution in [3.05, 3.63) is 70.2 Å². The third-order valence-corrected chi connectivity index (χ3v) is 4.98. The van der Waals surface area contributed by atoms with Gasteiger partial charge in [0.15, 0.2) is 0 Å². The normalized spacial score (nSPS) is 10.4. The number of aryl methyl sites for hydroxylation is 1. The molecule has 3 aromatic rings. The number of thiazole rings is 1. The van der Waals surface area contributed by atoms with Gasteiger partial charge in [-0.1, -0.05) is 54.1 Å². The smallest absolute Gasteiger partial charge is 0.319 e. The highest BCUT2D eigenvalue weighted by molar-refractivity contribution is 7.15. The third-order valence-electron chi connectivity index (χ3n) is 3.44. The minimum Gasteiger partial charge on any atom is -0.333 e. The summed E-state index contributed by atoms with van der Waals surface area (Å²) in [5.74, 6) is 0. The van der Waals surface area contributed by atoms with E-state index in [2.05, 4.69) is 15.6 Å². The molecule has 2 N–H and O–H groups in total. The highest BCUT2D eigenvalue weighted by Crippen LogP contribution is 2.27. The van der Waals surface area contributed by atoms with Crippen molar-refractivity contribution in [1.29, 1.82) is 0 Å². The molecule has 24 heavy (non-hydrogen) atoms. The van der Waals surface area contributed by atoms with E-state index in [9.17, 15) is 4.79 Å². The standard InChI is InChI=1S/C18H16ClN3OS/c1-12-16(24-17(21-12)13-7-3-2-4-8-13)11-20-18(23)22-15-10-6-5-9-14(15)19/h2-10H,11H2,1H3,(H2,20,22,23). The predicted molar refractivity (Wildman–Crippen MR) is 99.6 cm³/mol. The molecule has 0 aliphatic carbocycles. The van der Waals surface area contributed by atoms with Gasteiger partial charge in [0, 0.05) is 10.4 Å². The van der Waals surface area contributed by atoms with Gasteiger partial charge in [-0.15, -0.1) is 11.3 Å².